The summed E-state index contributed by atoms with van der Waals surface area (Å²) in [6.07, 6.45) is 1.82. The minimum Gasteiger partial charge on any atom is -0.372 e. The van der Waals surface area contributed by atoms with Gasteiger partial charge in [-0.2, -0.15) is 0 Å². The van der Waals surface area contributed by atoms with Gasteiger partial charge in [0.25, 0.3) is 0 Å². The Bertz CT molecular complexity index is 615. The molecule has 3 unspecified atom stereocenters. The number of ether oxygens (including phenoxy) is 1. The van der Waals surface area contributed by atoms with Crippen molar-refractivity contribution in [3.8, 4) is 0 Å². The Labute approximate surface area is 156 Å². The molecule has 1 aromatic rings. The number of rotatable bonds is 4. The number of piperidine rings is 1. The van der Waals surface area contributed by atoms with Gasteiger partial charge in [-0.05, 0) is 46.7 Å². The van der Waals surface area contributed by atoms with Gasteiger partial charge in [0.05, 0.1) is 18.2 Å². The fourth-order valence-electron chi connectivity index (χ4n) is 4.17. The van der Waals surface area contributed by atoms with E-state index < -0.39 is 0 Å². The summed E-state index contributed by atoms with van der Waals surface area (Å²) >= 11 is 0. The number of carbonyl (C=O) groups is 2. The lowest BCUT2D eigenvalue weighted by molar-refractivity contribution is -0.148. The lowest BCUT2D eigenvalue weighted by Gasteiger charge is -2.40. The monoisotopic (exact) mass is 358 g/mol. The lowest BCUT2D eigenvalue weighted by atomic mass is 9.88. The van der Waals surface area contributed by atoms with Crippen LogP contribution in [-0.2, 0) is 9.53 Å². The number of hydrogen-bond donors (Lipinski definition) is 0. The van der Waals surface area contributed by atoms with E-state index in [9.17, 15) is 9.59 Å². The van der Waals surface area contributed by atoms with Gasteiger partial charge in [0.2, 0.25) is 5.91 Å². The first-order valence-electron chi connectivity index (χ1n) is 9.73. The van der Waals surface area contributed by atoms with Crippen LogP contribution in [0, 0.1) is 5.92 Å². The van der Waals surface area contributed by atoms with Crippen LogP contribution >= 0.6 is 0 Å². The average molecular weight is 358 g/mol. The molecule has 0 N–H and O–H groups in total. The second kappa shape index (κ2) is 8.31. The first kappa shape index (κ1) is 19.1. The minimum absolute atomic E-state index is 0.0689. The van der Waals surface area contributed by atoms with Crippen LogP contribution in [0.5, 0.6) is 0 Å². The molecular formula is C21H30N2O3. The van der Waals surface area contributed by atoms with E-state index in [0.29, 0.717) is 13.1 Å². The SMILES string of the molecule is CC1CN(C(=O)C(C)N2CCC(C(=O)c3ccccc3)CC2)CC(C)O1. The first-order valence-corrected chi connectivity index (χ1v) is 9.73. The van der Waals surface area contributed by atoms with Crippen molar-refractivity contribution >= 4 is 11.7 Å². The fraction of sp³-hybridized carbons (Fsp3) is 0.619. The maximum Gasteiger partial charge on any atom is 0.239 e. The normalized spacial score (nSPS) is 26.5. The van der Waals surface area contributed by atoms with Crippen molar-refractivity contribution in [2.75, 3.05) is 26.2 Å². The smallest absolute Gasteiger partial charge is 0.239 e. The number of benzene rings is 1. The molecule has 0 bridgehead atoms. The summed E-state index contributed by atoms with van der Waals surface area (Å²) in [6.45, 7) is 8.94. The van der Waals surface area contributed by atoms with Crippen molar-refractivity contribution < 1.29 is 14.3 Å². The van der Waals surface area contributed by atoms with Crippen LogP contribution in [0.4, 0.5) is 0 Å². The highest BCUT2D eigenvalue weighted by molar-refractivity contribution is 5.97. The minimum atomic E-state index is -0.139. The zero-order valence-corrected chi connectivity index (χ0v) is 16.1. The van der Waals surface area contributed by atoms with Gasteiger partial charge < -0.3 is 9.64 Å². The van der Waals surface area contributed by atoms with E-state index in [2.05, 4.69) is 4.90 Å². The van der Waals surface area contributed by atoms with Gasteiger partial charge in [0.15, 0.2) is 5.78 Å². The van der Waals surface area contributed by atoms with Crippen LogP contribution in [0.3, 0.4) is 0 Å². The molecule has 2 fully saturated rings. The molecule has 0 spiro atoms. The van der Waals surface area contributed by atoms with Gasteiger partial charge in [-0.25, -0.2) is 0 Å². The summed E-state index contributed by atoms with van der Waals surface area (Å²) in [5.74, 6) is 0.485. The van der Waals surface area contributed by atoms with Gasteiger partial charge in [-0.1, -0.05) is 30.3 Å². The number of likely N-dealkylation sites (tertiary alicyclic amines) is 1. The third-order valence-electron chi connectivity index (χ3n) is 5.60. The quantitative estimate of drug-likeness (QED) is 0.777. The van der Waals surface area contributed by atoms with Crippen LogP contribution in [0.2, 0.25) is 0 Å². The lowest BCUT2D eigenvalue weighted by Crippen LogP contribution is -2.55. The van der Waals surface area contributed by atoms with Crippen molar-refractivity contribution in [1.29, 1.82) is 0 Å². The highest BCUT2D eigenvalue weighted by atomic mass is 16.5. The number of morpholine rings is 1. The Morgan fingerprint density at radius 1 is 1.04 bits per heavy atom. The fourth-order valence-corrected chi connectivity index (χ4v) is 4.17. The van der Waals surface area contributed by atoms with Crippen molar-refractivity contribution in [2.24, 2.45) is 5.92 Å². The molecule has 2 aliphatic heterocycles. The summed E-state index contributed by atoms with van der Waals surface area (Å²) in [5.41, 5.74) is 0.798. The molecule has 0 saturated carbocycles. The molecule has 0 aliphatic carbocycles. The Kier molecular flexibility index (Phi) is 6.09. The standard InChI is InChI=1S/C21H30N2O3/c1-15-13-23(14-16(2)26-15)21(25)17(3)22-11-9-19(10-12-22)20(24)18-7-5-4-6-8-18/h4-8,15-17,19H,9-14H2,1-3H3. The Balaban J connectivity index is 1.54. The second-order valence-electron chi connectivity index (χ2n) is 7.72. The third-order valence-corrected chi connectivity index (χ3v) is 5.60. The van der Waals surface area contributed by atoms with E-state index in [1.807, 2.05) is 56.0 Å². The molecule has 2 heterocycles. The molecule has 0 radical (unpaired) electrons. The molecule has 2 aliphatic rings. The van der Waals surface area contributed by atoms with Crippen LogP contribution in [0.1, 0.15) is 44.0 Å². The van der Waals surface area contributed by atoms with Crippen LogP contribution in [0.25, 0.3) is 0 Å². The molecule has 1 aromatic carbocycles. The van der Waals surface area contributed by atoms with E-state index in [0.717, 1.165) is 31.5 Å². The van der Waals surface area contributed by atoms with Gasteiger partial charge in [-0.3, -0.25) is 14.5 Å². The van der Waals surface area contributed by atoms with E-state index in [-0.39, 0.29) is 35.9 Å². The van der Waals surface area contributed by atoms with E-state index in [1.54, 1.807) is 0 Å². The predicted octanol–water partition coefficient (Wildman–Crippen LogP) is 2.61. The van der Waals surface area contributed by atoms with E-state index in [4.69, 9.17) is 4.74 Å². The van der Waals surface area contributed by atoms with Crippen molar-refractivity contribution in [3.63, 3.8) is 0 Å². The molecule has 0 aromatic heterocycles. The van der Waals surface area contributed by atoms with Gasteiger partial charge in [0, 0.05) is 24.6 Å². The summed E-state index contributed by atoms with van der Waals surface area (Å²) in [4.78, 5) is 29.7. The molecule has 2 saturated heterocycles. The van der Waals surface area contributed by atoms with Crippen LogP contribution < -0.4 is 0 Å². The zero-order valence-electron chi connectivity index (χ0n) is 16.1. The maximum absolute atomic E-state index is 12.9. The molecule has 1 amide bonds. The molecule has 26 heavy (non-hydrogen) atoms. The van der Waals surface area contributed by atoms with E-state index in [1.165, 1.54) is 0 Å². The largest absolute Gasteiger partial charge is 0.372 e. The summed E-state index contributed by atoms with van der Waals surface area (Å²) in [6, 6.07) is 9.39. The second-order valence-corrected chi connectivity index (χ2v) is 7.72. The molecule has 3 atom stereocenters. The number of nitrogens with zero attached hydrogens (tertiary/aromatic N) is 2. The number of amides is 1. The summed E-state index contributed by atoms with van der Waals surface area (Å²) < 4.78 is 5.73. The first-order chi connectivity index (χ1) is 12.5. The molecule has 5 heteroatoms. The zero-order chi connectivity index (χ0) is 18.7. The number of ketones is 1. The highest BCUT2D eigenvalue weighted by Gasteiger charge is 2.34. The highest BCUT2D eigenvalue weighted by Crippen LogP contribution is 2.24. The predicted molar refractivity (Wildman–Crippen MR) is 101 cm³/mol. The number of hydrogen-bond acceptors (Lipinski definition) is 4. The van der Waals surface area contributed by atoms with Crippen LogP contribution in [0.15, 0.2) is 30.3 Å². The Morgan fingerprint density at radius 2 is 1.62 bits per heavy atom. The van der Waals surface area contributed by atoms with Crippen molar-refractivity contribution in [2.45, 2.75) is 51.9 Å². The van der Waals surface area contributed by atoms with E-state index >= 15 is 0 Å². The van der Waals surface area contributed by atoms with Crippen LogP contribution in [-0.4, -0.2) is 65.9 Å². The van der Waals surface area contributed by atoms with Gasteiger partial charge in [0.1, 0.15) is 0 Å². The van der Waals surface area contributed by atoms with Crippen molar-refractivity contribution in [1.82, 2.24) is 9.80 Å². The maximum atomic E-state index is 12.9. The number of carbonyl (C=O) groups excluding carboxylic acids is 2. The average Bonchev–Trinajstić information content (AvgIpc) is 2.66. The number of Topliss-reactive ketones (excluding diaryl/α,β-unsaturated/α-hetero) is 1. The summed E-state index contributed by atoms with van der Waals surface area (Å²) in [5, 5.41) is 0. The summed E-state index contributed by atoms with van der Waals surface area (Å²) in [7, 11) is 0. The molecule has 142 valence electrons. The van der Waals surface area contributed by atoms with Gasteiger partial charge in [-0.15, -0.1) is 0 Å². The third kappa shape index (κ3) is 4.33. The molecule has 3 rings (SSSR count). The Hall–Kier alpha value is -1.72. The van der Waals surface area contributed by atoms with Gasteiger partial charge >= 0.3 is 0 Å². The van der Waals surface area contributed by atoms with Crippen molar-refractivity contribution in [3.05, 3.63) is 35.9 Å². The Morgan fingerprint density at radius 3 is 2.19 bits per heavy atom. The molecular weight excluding hydrogens is 328 g/mol. The molecule has 5 nitrogen and oxygen atoms in total. The topological polar surface area (TPSA) is 49.9 Å².